The first-order valence-electron chi connectivity index (χ1n) is 10.4. The van der Waals surface area contributed by atoms with E-state index in [9.17, 15) is 22.8 Å². The van der Waals surface area contributed by atoms with Crippen molar-refractivity contribution in [2.45, 2.75) is 51.6 Å². The molecular formula is C21H28F3N5O3. The van der Waals surface area contributed by atoms with Gasteiger partial charge < -0.3 is 10.6 Å². The van der Waals surface area contributed by atoms with Crippen LogP contribution in [0.3, 0.4) is 0 Å². The molecule has 2 aromatic heterocycles. The Bertz CT molecular complexity index is 941. The van der Waals surface area contributed by atoms with E-state index in [1.54, 1.807) is 22.7 Å². The zero-order valence-corrected chi connectivity index (χ0v) is 17.8. The molecule has 0 bridgehead atoms. The normalized spacial score (nSPS) is 11.8. The number of pyridine rings is 1. The number of rotatable bonds is 12. The quantitative estimate of drug-likeness (QED) is 0.170. The smallest absolute Gasteiger partial charge is 0.369 e. The highest BCUT2D eigenvalue weighted by molar-refractivity contribution is 5.91. The van der Waals surface area contributed by atoms with Gasteiger partial charge in [0, 0.05) is 25.2 Å². The molecular weight excluding hydrogens is 427 g/mol. The van der Waals surface area contributed by atoms with Crippen LogP contribution < -0.4 is 16.1 Å². The Morgan fingerprint density at radius 3 is 2.72 bits per heavy atom. The number of imidazole rings is 1. The first-order chi connectivity index (χ1) is 15.2. The molecule has 0 spiro atoms. The van der Waals surface area contributed by atoms with E-state index in [1.807, 2.05) is 5.32 Å². The van der Waals surface area contributed by atoms with Crippen molar-refractivity contribution in [1.82, 2.24) is 20.2 Å². The van der Waals surface area contributed by atoms with Crippen LogP contribution in [0.25, 0.3) is 11.7 Å². The van der Waals surface area contributed by atoms with Gasteiger partial charge in [0.25, 0.3) is 5.91 Å². The Hall–Kier alpha value is -3.08. The SMILES string of the molecule is CCCCCCc1nc2cc(/C=C/C(=O)NO)ccn2c1NCCC(=O)NCC(F)(F)F. The highest BCUT2D eigenvalue weighted by Gasteiger charge is 2.27. The van der Waals surface area contributed by atoms with E-state index in [0.717, 1.165) is 31.4 Å². The van der Waals surface area contributed by atoms with Crippen LogP contribution >= 0.6 is 0 Å². The van der Waals surface area contributed by atoms with Crippen LogP contribution in [0.15, 0.2) is 24.4 Å². The highest BCUT2D eigenvalue weighted by atomic mass is 19.4. The monoisotopic (exact) mass is 455 g/mol. The molecule has 2 amide bonds. The predicted molar refractivity (Wildman–Crippen MR) is 114 cm³/mol. The van der Waals surface area contributed by atoms with Crippen LogP contribution in [0.1, 0.15) is 50.3 Å². The van der Waals surface area contributed by atoms with Crippen molar-refractivity contribution < 1.29 is 28.0 Å². The van der Waals surface area contributed by atoms with Crippen molar-refractivity contribution in [2.24, 2.45) is 0 Å². The molecule has 0 radical (unpaired) electrons. The number of hydrogen-bond acceptors (Lipinski definition) is 5. The van der Waals surface area contributed by atoms with Crippen LogP contribution in [-0.4, -0.2) is 45.7 Å². The molecule has 176 valence electrons. The summed E-state index contributed by atoms with van der Waals surface area (Å²) in [6.07, 6.45) is 4.80. The Balaban J connectivity index is 2.13. The number of hydroxylamine groups is 1. The second-order valence-corrected chi connectivity index (χ2v) is 7.28. The van der Waals surface area contributed by atoms with Gasteiger partial charge in [0.05, 0.1) is 5.69 Å². The number of carbonyl (C=O) groups is 2. The molecule has 11 heteroatoms. The lowest BCUT2D eigenvalue weighted by Gasteiger charge is -2.10. The van der Waals surface area contributed by atoms with Gasteiger partial charge in [-0.1, -0.05) is 26.2 Å². The third kappa shape index (κ3) is 8.22. The fourth-order valence-corrected chi connectivity index (χ4v) is 3.08. The molecule has 0 saturated heterocycles. The minimum absolute atomic E-state index is 0.115. The van der Waals surface area contributed by atoms with E-state index in [1.165, 1.54) is 17.6 Å². The number of alkyl halides is 3. The van der Waals surface area contributed by atoms with E-state index in [0.29, 0.717) is 23.4 Å². The van der Waals surface area contributed by atoms with E-state index in [4.69, 9.17) is 5.21 Å². The number of amides is 2. The van der Waals surface area contributed by atoms with Gasteiger partial charge in [0.2, 0.25) is 5.91 Å². The number of halogens is 3. The second kappa shape index (κ2) is 12.1. The Morgan fingerprint density at radius 1 is 1.25 bits per heavy atom. The molecule has 8 nitrogen and oxygen atoms in total. The fourth-order valence-electron chi connectivity index (χ4n) is 3.08. The summed E-state index contributed by atoms with van der Waals surface area (Å²) in [7, 11) is 0. The van der Waals surface area contributed by atoms with Gasteiger partial charge in [-0.2, -0.15) is 13.2 Å². The summed E-state index contributed by atoms with van der Waals surface area (Å²) in [5.41, 5.74) is 3.63. The van der Waals surface area contributed by atoms with Gasteiger partial charge >= 0.3 is 6.18 Å². The number of aryl methyl sites for hydroxylation is 1. The van der Waals surface area contributed by atoms with Crippen LogP contribution in [0.4, 0.5) is 19.0 Å². The minimum atomic E-state index is -4.44. The lowest BCUT2D eigenvalue weighted by atomic mass is 10.1. The fraction of sp³-hybridized carbons (Fsp3) is 0.476. The summed E-state index contributed by atoms with van der Waals surface area (Å²) in [5, 5.41) is 13.6. The van der Waals surface area contributed by atoms with Crippen LogP contribution in [0, 0.1) is 0 Å². The van der Waals surface area contributed by atoms with Gasteiger partial charge in [0.15, 0.2) is 0 Å². The molecule has 0 aromatic carbocycles. The topological polar surface area (TPSA) is 108 Å². The lowest BCUT2D eigenvalue weighted by Crippen LogP contribution is -2.34. The summed E-state index contributed by atoms with van der Waals surface area (Å²) >= 11 is 0. The van der Waals surface area contributed by atoms with Crippen LogP contribution in [0.5, 0.6) is 0 Å². The molecule has 4 N–H and O–H groups in total. The van der Waals surface area contributed by atoms with Crippen molar-refractivity contribution in [3.8, 4) is 0 Å². The number of aromatic nitrogens is 2. The van der Waals surface area contributed by atoms with Gasteiger partial charge in [-0.05, 0) is 36.6 Å². The standard InChI is InChI=1S/C21H28F3N5O3/c1-2-3-4-5-6-16-20(25-11-9-18(30)26-14-21(22,23)24)29-12-10-15(13-17(29)27-16)7-8-19(31)28-32/h7-8,10,12-13,25,32H,2-6,9,11,14H2,1H3,(H,26,30)(H,28,31)/b8-7+. The first-order valence-corrected chi connectivity index (χ1v) is 10.4. The van der Waals surface area contributed by atoms with Crippen LogP contribution in [-0.2, 0) is 16.0 Å². The number of hydrogen-bond donors (Lipinski definition) is 4. The molecule has 2 rings (SSSR count). The molecule has 0 unspecified atom stereocenters. The average molecular weight is 455 g/mol. The number of unbranched alkanes of at least 4 members (excludes halogenated alkanes) is 3. The molecule has 2 heterocycles. The van der Waals surface area contributed by atoms with Crippen molar-refractivity contribution in [3.05, 3.63) is 35.7 Å². The number of nitrogens with zero attached hydrogens (tertiary/aromatic N) is 2. The maximum Gasteiger partial charge on any atom is 0.405 e. The summed E-state index contributed by atoms with van der Waals surface area (Å²) in [6, 6.07) is 3.51. The van der Waals surface area contributed by atoms with Gasteiger partial charge in [-0.25, -0.2) is 10.5 Å². The van der Waals surface area contributed by atoms with E-state index >= 15 is 0 Å². The summed E-state index contributed by atoms with van der Waals surface area (Å²) in [5.74, 6) is -0.664. The summed E-state index contributed by atoms with van der Waals surface area (Å²) in [4.78, 5) is 27.5. The third-order valence-corrected chi connectivity index (χ3v) is 4.66. The van der Waals surface area contributed by atoms with Crippen molar-refractivity contribution in [3.63, 3.8) is 0 Å². The van der Waals surface area contributed by atoms with Crippen molar-refractivity contribution in [1.29, 1.82) is 0 Å². The predicted octanol–water partition coefficient (Wildman–Crippen LogP) is 3.46. The molecule has 0 atom stereocenters. The number of nitrogens with one attached hydrogen (secondary N) is 3. The zero-order chi connectivity index (χ0) is 23.6. The van der Waals surface area contributed by atoms with Gasteiger partial charge in [-0.15, -0.1) is 0 Å². The Kier molecular flexibility index (Phi) is 9.51. The molecule has 32 heavy (non-hydrogen) atoms. The third-order valence-electron chi connectivity index (χ3n) is 4.66. The Labute approximate surface area is 183 Å². The first kappa shape index (κ1) is 25.2. The lowest BCUT2D eigenvalue weighted by molar-refractivity contribution is -0.138. The molecule has 0 saturated carbocycles. The highest BCUT2D eigenvalue weighted by Crippen LogP contribution is 2.22. The number of anilines is 1. The van der Waals surface area contributed by atoms with E-state index < -0.39 is 24.5 Å². The molecule has 0 fully saturated rings. The molecule has 0 aliphatic carbocycles. The summed E-state index contributed by atoms with van der Waals surface area (Å²) < 4.78 is 38.5. The maximum absolute atomic E-state index is 12.2. The summed E-state index contributed by atoms with van der Waals surface area (Å²) in [6.45, 7) is 0.917. The second-order valence-electron chi connectivity index (χ2n) is 7.28. The Morgan fingerprint density at radius 2 is 2.03 bits per heavy atom. The zero-order valence-electron chi connectivity index (χ0n) is 17.8. The molecule has 0 aliphatic rings. The minimum Gasteiger partial charge on any atom is -0.369 e. The number of carbonyl (C=O) groups excluding carboxylic acids is 2. The van der Waals surface area contributed by atoms with Crippen molar-refractivity contribution >= 4 is 29.4 Å². The largest absolute Gasteiger partial charge is 0.405 e. The van der Waals surface area contributed by atoms with Crippen LogP contribution in [0.2, 0.25) is 0 Å². The van der Waals surface area contributed by atoms with E-state index in [2.05, 4.69) is 17.2 Å². The van der Waals surface area contributed by atoms with E-state index in [-0.39, 0.29) is 13.0 Å². The van der Waals surface area contributed by atoms with Gasteiger partial charge in [-0.3, -0.25) is 19.2 Å². The number of fused-ring (bicyclic) bond motifs is 1. The molecule has 0 aliphatic heterocycles. The maximum atomic E-state index is 12.2. The average Bonchev–Trinajstić information content (AvgIpc) is 3.09. The molecule has 2 aromatic rings. The van der Waals surface area contributed by atoms with Crippen molar-refractivity contribution in [2.75, 3.05) is 18.4 Å². The van der Waals surface area contributed by atoms with Gasteiger partial charge in [0.1, 0.15) is 18.0 Å².